The molecule has 2 N–H and O–H groups in total. The third kappa shape index (κ3) is 5.61. The minimum atomic E-state index is -4.64. The van der Waals surface area contributed by atoms with Crippen molar-refractivity contribution in [1.82, 2.24) is 5.43 Å². The summed E-state index contributed by atoms with van der Waals surface area (Å²) in [6.07, 6.45) is -4.86. The molecule has 9 heteroatoms. The summed E-state index contributed by atoms with van der Waals surface area (Å²) in [5, 5.41) is 7.48. The van der Waals surface area contributed by atoms with Crippen LogP contribution in [0.15, 0.2) is 65.8 Å². The zero-order valence-corrected chi connectivity index (χ0v) is 17.0. The van der Waals surface area contributed by atoms with E-state index < -0.39 is 28.6 Å². The fourth-order valence-corrected chi connectivity index (χ4v) is 3.15. The van der Waals surface area contributed by atoms with Crippen LogP contribution in [-0.4, -0.2) is 17.5 Å². The number of nitrogens with one attached hydrogen (secondary N) is 2. The minimum Gasteiger partial charge on any atom is -0.326 e. The SMILES string of the molecule is C/C(CC(=O)Nc1ccc(Cl)c(C(F)(F)F)c1)=N\NC(=O)c1cccc2ccccc12. The van der Waals surface area contributed by atoms with Crippen LogP contribution in [0.25, 0.3) is 10.8 Å². The molecule has 0 aliphatic heterocycles. The number of nitrogens with zero attached hydrogens (tertiary/aromatic N) is 1. The maximum atomic E-state index is 12.9. The van der Waals surface area contributed by atoms with Gasteiger partial charge in [-0.25, -0.2) is 5.43 Å². The topological polar surface area (TPSA) is 70.6 Å². The lowest BCUT2D eigenvalue weighted by Crippen LogP contribution is -2.21. The molecule has 5 nitrogen and oxygen atoms in total. The summed E-state index contributed by atoms with van der Waals surface area (Å²) < 4.78 is 38.8. The molecule has 0 fully saturated rings. The normalized spacial score (nSPS) is 12.0. The van der Waals surface area contributed by atoms with Gasteiger partial charge in [0, 0.05) is 17.0 Å². The molecule has 0 atom stereocenters. The summed E-state index contributed by atoms with van der Waals surface area (Å²) in [4.78, 5) is 24.6. The lowest BCUT2D eigenvalue weighted by molar-refractivity contribution is -0.137. The minimum absolute atomic E-state index is 0.0469. The lowest BCUT2D eigenvalue weighted by atomic mass is 10.0. The zero-order chi connectivity index (χ0) is 22.6. The van der Waals surface area contributed by atoms with Gasteiger partial charge in [0.05, 0.1) is 17.0 Å². The first-order valence-electron chi connectivity index (χ1n) is 9.13. The number of benzene rings is 3. The van der Waals surface area contributed by atoms with Crippen LogP contribution in [0, 0.1) is 0 Å². The van der Waals surface area contributed by atoms with Gasteiger partial charge in [0.2, 0.25) is 5.91 Å². The number of hydrogen-bond acceptors (Lipinski definition) is 3. The molecule has 3 rings (SSSR count). The van der Waals surface area contributed by atoms with Crippen molar-refractivity contribution in [2.45, 2.75) is 19.5 Å². The van der Waals surface area contributed by atoms with Gasteiger partial charge in [0.25, 0.3) is 5.91 Å². The second-order valence-corrected chi connectivity index (χ2v) is 7.14. The van der Waals surface area contributed by atoms with E-state index in [1.807, 2.05) is 30.3 Å². The molecule has 31 heavy (non-hydrogen) atoms. The first-order chi connectivity index (χ1) is 14.6. The van der Waals surface area contributed by atoms with Crippen molar-refractivity contribution >= 4 is 45.6 Å². The van der Waals surface area contributed by atoms with E-state index in [1.54, 1.807) is 12.1 Å². The standard InChI is InChI=1S/C22H17ClF3N3O2/c1-13(11-20(30)27-15-9-10-19(23)18(12-15)22(24,25)26)28-29-21(31)17-8-4-6-14-5-2-3-7-16(14)17/h2-10,12H,11H2,1H3,(H,27,30)(H,29,31)/b28-13+. The average Bonchev–Trinajstić information content (AvgIpc) is 2.72. The Balaban J connectivity index is 1.64. The quantitative estimate of drug-likeness (QED) is 0.392. The number of halogens is 4. The molecular formula is C22H17ClF3N3O2. The van der Waals surface area contributed by atoms with Gasteiger partial charge in [0.15, 0.2) is 0 Å². The van der Waals surface area contributed by atoms with E-state index >= 15 is 0 Å². The molecule has 0 saturated carbocycles. The summed E-state index contributed by atoms with van der Waals surface area (Å²) >= 11 is 5.57. The van der Waals surface area contributed by atoms with Gasteiger partial charge >= 0.3 is 6.18 Å². The molecule has 2 amide bonds. The zero-order valence-electron chi connectivity index (χ0n) is 16.3. The molecule has 0 aromatic heterocycles. The fraction of sp³-hybridized carbons (Fsp3) is 0.136. The second kappa shape index (κ2) is 9.18. The highest BCUT2D eigenvalue weighted by Crippen LogP contribution is 2.36. The predicted molar refractivity (Wildman–Crippen MR) is 114 cm³/mol. The highest BCUT2D eigenvalue weighted by Gasteiger charge is 2.33. The maximum Gasteiger partial charge on any atom is 0.417 e. The Morgan fingerprint density at radius 1 is 1.03 bits per heavy atom. The maximum absolute atomic E-state index is 12.9. The number of carbonyl (C=O) groups excluding carboxylic acids is 2. The molecule has 0 aliphatic rings. The van der Waals surface area contributed by atoms with E-state index in [1.165, 1.54) is 13.0 Å². The molecular weight excluding hydrogens is 431 g/mol. The third-order valence-corrected chi connectivity index (χ3v) is 4.68. The molecule has 160 valence electrons. The van der Waals surface area contributed by atoms with Crippen molar-refractivity contribution in [1.29, 1.82) is 0 Å². The Kier molecular flexibility index (Phi) is 6.60. The largest absolute Gasteiger partial charge is 0.417 e. The van der Waals surface area contributed by atoms with Crippen LogP contribution in [0.1, 0.15) is 29.3 Å². The monoisotopic (exact) mass is 447 g/mol. The summed E-state index contributed by atoms with van der Waals surface area (Å²) in [7, 11) is 0. The van der Waals surface area contributed by atoms with Crippen molar-refractivity contribution in [3.63, 3.8) is 0 Å². The van der Waals surface area contributed by atoms with Gasteiger partial charge in [-0.05, 0) is 42.0 Å². The molecule has 0 radical (unpaired) electrons. The van der Waals surface area contributed by atoms with E-state index in [0.29, 0.717) is 5.56 Å². The highest BCUT2D eigenvalue weighted by molar-refractivity contribution is 6.31. The van der Waals surface area contributed by atoms with Crippen molar-refractivity contribution in [2.75, 3.05) is 5.32 Å². The Morgan fingerprint density at radius 2 is 1.74 bits per heavy atom. The van der Waals surface area contributed by atoms with E-state index in [-0.39, 0.29) is 17.8 Å². The number of carbonyl (C=O) groups is 2. The van der Waals surface area contributed by atoms with Gasteiger partial charge in [-0.1, -0.05) is 48.0 Å². The molecule has 3 aromatic rings. The van der Waals surface area contributed by atoms with Crippen molar-refractivity contribution < 1.29 is 22.8 Å². The smallest absolute Gasteiger partial charge is 0.326 e. The average molecular weight is 448 g/mol. The van der Waals surface area contributed by atoms with Gasteiger partial charge < -0.3 is 5.32 Å². The molecule has 0 saturated heterocycles. The summed E-state index contributed by atoms with van der Waals surface area (Å²) in [6, 6.07) is 15.8. The number of fused-ring (bicyclic) bond motifs is 1. The van der Waals surface area contributed by atoms with Crippen molar-refractivity contribution in [3.05, 3.63) is 76.8 Å². The van der Waals surface area contributed by atoms with Gasteiger partial charge in [-0.15, -0.1) is 0 Å². The Morgan fingerprint density at radius 3 is 2.48 bits per heavy atom. The molecule has 0 spiro atoms. The van der Waals surface area contributed by atoms with Crippen LogP contribution in [0.3, 0.4) is 0 Å². The molecule has 0 bridgehead atoms. The second-order valence-electron chi connectivity index (χ2n) is 6.73. The first-order valence-corrected chi connectivity index (χ1v) is 9.51. The van der Waals surface area contributed by atoms with Crippen LogP contribution in [0.5, 0.6) is 0 Å². The number of anilines is 1. The fourth-order valence-electron chi connectivity index (χ4n) is 2.93. The predicted octanol–water partition coefficient (Wildman–Crippen LogP) is 5.65. The summed E-state index contributed by atoms with van der Waals surface area (Å²) in [6.45, 7) is 1.52. The number of hydrogen-bond donors (Lipinski definition) is 2. The lowest BCUT2D eigenvalue weighted by Gasteiger charge is -2.12. The summed E-state index contributed by atoms with van der Waals surface area (Å²) in [5.74, 6) is -1.03. The van der Waals surface area contributed by atoms with E-state index in [2.05, 4.69) is 15.8 Å². The molecule has 3 aromatic carbocycles. The van der Waals surface area contributed by atoms with Gasteiger partial charge in [0.1, 0.15) is 0 Å². The van der Waals surface area contributed by atoms with Crippen LogP contribution in [0.4, 0.5) is 18.9 Å². The molecule has 0 heterocycles. The van der Waals surface area contributed by atoms with E-state index in [4.69, 9.17) is 11.6 Å². The third-order valence-electron chi connectivity index (χ3n) is 4.35. The van der Waals surface area contributed by atoms with Crippen LogP contribution >= 0.6 is 11.6 Å². The highest BCUT2D eigenvalue weighted by atomic mass is 35.5. The van der Waals surface area contributed by atoms with Crippen LogP contribution < -0.4 is 10.7 Å². The number of hydrazone groups is 1. The number of amides is 2. The number of alkyl halides is 3. The van der Waals surface area contributed by atoms with Crippen LogP contribution in [-0.2, 0) is 11.0 Å². The Bertz CT molecular complexity index is 1170. The van der Waals surface area contributed by atoms with Gasteiger partial charge in [-0.3, -0.25) is 9.59 Å². The van der Waals surface area contributed by atoms with Crippen molar-refractivity contribution in [3.8, 4) is 0 Å². The Labute approximate surface area is 180 Å². The molecule has 0 aliphatic carbocycles. The van der Waals surface area contributed by atoms with E-state index in [9.17, 15) is 22.8 Å². The van der Waals surface area contributed by atoms with Crippen molar-refractivity contribution in [2.24, 2.45) is 5.10 Å². The Hall–Kier alpha value is -3.39. The van der Waals surface area contributed by atoms with E-state index in [0.717, 1.165) is 22.9 Å². The first kappa shape index (κ1) is 22.3. The number of rotatable bonds is 5. The summed E-state index contributed by atoms with van der Waals surface area (Å²) in [5.41, 5.74) is 2.02. The van der Waals surface area contributed by atoms with Gasteiger partial charge in [-0.2, -0.15) is 18.3 Å². The molecule has 0 unspecified atom stereocenters. The van der Waals surface area contributed by atoms with Crippen LogP contribution in [0.2, 0.25) is 5.02 Å².